The molecular formula is C6H9N5. The highest BCUT2D eigenvalue weighted by Gasteiger charge is 2.02. The number of aromatic amines is 1. The predicted molar refractivity (Wildman–Crippen MR) is 42.9 cm³/mol. The first-order valence-electron chi connectivity index (χ1n) is 3.06. The molecule has 0 bridgehead atoms. The maximum absolute atomic E-state index is 5.28. The molecule has 5 nitrogen and oxygen atoms in total. The van der Waals surface area contributed by atoms with Crippen LogP contribution in [0.2, 0.25) is 0 Å². The van der Waals surface area contributed by atoms with Gasteiger partial charge in [0.25, 0.3) is 0 Å². The van der Waals surface area contributed by atoms with Crippen molar-refractivity contribution in [1.29, 1.82) is 0 Å². The van der Waals surface area contributed by atoms with Gasteiger partial charge in [-0.1, -0.05) is 5.92 Å². The fourth-order valence-electron chi connectivity index (χ4n) is 0.648. The molecule has 0 saturated carbocycles. The molecule has 11 heavy (non-hydrogen) atoms. The summed E-state index contributed by atoms with van der Waals surface area (Å²) < 4.78 is 0. The maximum Gasteiger partial charge on any atom is 0.241 e. The quantitative estimate of drug-likeness (QED) is 0.557. The number of terminal acetylenes is 1. The largest absolute Gasteiger partial charge is 0.366 e. The van der Waals surface area contributed by atoms with E-state index in [0.717, 1.165) is 0 Å². The lowest BCUT2D eigenvalue weighted by molar-refractivity contribution is 0.957. The van der Waals surface area contributed by atoms with Crippen LogP contribution in [0.5, 0.6) is 0 Å². The van der Waals surface area contributed by atoms with Gasteiger partial charge in [-0.25, -0.2) is 5.10 Å². The number of nitrogens with two attached hydrogens (primary N) is 1. The van der Waals surface area contributed by atoms with Gasteiger partial charge < -0.3 is 10.6 Å². The highest BCUT2D eigenvalue weighted by atomic mass is 15.4. The molecule has 5 heteroatoms. The smallest absolute Gasteiger partial charge is 0.241 e. The molecule has 1 aromatic heterocycles. The van der Waals surface area contributed by atoms with Gasteiger partial charge >= 0.3 is 0 Å². The van der Waals surface area contributed by atoms with Crippen LogP contribution in [0.1, 0.15) is 0 Å². The Morgan fingerprint density at radius 2 is 2.55 bits per heavy atom. The summed E-state index contributed by atoms with van der Waals surface area (Å²) in [5.74, 6) is 3.28. The average Bonchev–Trinajstić information content (AvgIpc) is 2.36. The fraction of sp³-hybridized carbons (Fsp3) is 0.333. The summed E-state index contributed by atoms with van der Waals surface area (Å²) in [6.45, 7) is 0.481. The van der Waals surface area contributed by atoms with E-state index in [0.29, 0.717) is 12.5 Å². The van der Waals surface area contributed by atoms with Gasteiger partial charge in [-0.15, -0.1) is 11.5 Å². The Balaban J connectivity index is 2.70. The van der Waals surface area contributed by atoms with Crippen LogP contribution in [0.15, 0.2) is 0 Å². The van der Waals surface area contributed by atoms with Crippen molar-refractivity contribution in [1.82, 2.24) is 15.2 Å². The van der Waals surface area contributed by atoms with Crippen LogP contribution < -0.4 is 10.6 Å². The van der Waals surface area contributed by atoms with Crippen LogP contribution in [0, 0.1) is 12.3 Å². The molecule has 3 N–H and O–H groups in total. The summed E-state index contributed by atoms with van der Waals surface area (Å²) >= 11 is 0. The average molecular weight is 151 g/mol. The highest BCUT2D eigenvalue weighted by Crippen LogP contribution is 2.03. The Labute approximate surface area is 64.6 Å². The molecule has 0 spiro atoms. The van der Waals surface area contributed by atoms with Gasteiger partial charge in [-0.2, -0.15) is 4.98 Å². The molecule has 0 aliphatic carbocycles. The topological polar surface area (TPSA) is 70.8 Å². The number of hydrogen-bond donors (Lipinski definition) is 2. The van der Waals surface area contributed by atoms with E-state index >= 15 is 0 Å². The van der Waals surface area contributed by atoms with Gasteiger partial charge in [0.1, 0.15) is 0 Å². The number of H-pyrrole nitrogens is 1. The molecule has 0 aliphatic heterocycles. The van der Waals surface area contributed by atoms with Gasteiger partial charge in [0.05, 0.1) is 6.54 Å². The van der Waals surface area contributed by atoms with Gasteiger partial charge in [0, 0.05) is 7.05 Å². The summed E-state index contributed by atoms with van der Waals surface area (Å²) in [5.41, 5.74) is 5.28. The highest BCUT2D eigenvalue weighted by molar-refractivity contribution is 5.34. The molecule has 0 saturated heterocycles. The first-order valence-corrected chi connectivity index (χ1v) is 3.06. The van der Waals surface area contributed by atoms with E-state index in [4.69, 9.17) is 12.2 Å². The van der Waals surface area contributed by atoms with Gasteiger partial charge in [0.2, 0.25) is 11.9 Å². The zero-order valence-corrected chi connectivity index (χ0v) is 6.20. The minimum absolute atomic E-state index is 0.226. The Hall–Kier alpha value is -1.70. The lowest BCUT2D eigenvalue weighted by atomic mass is 10.6. The summed E-state index contributed by atoms with van der Waals surface area (Å²) in [5, 5.41) is 6.29. The molecule has 0 fully saturated rings. The van der Waals surface area contributed by atoms with Crippen molar-refractivity contribution in [2.24, 2.45) is 0 Å². The Morgan fingerprint density at radius 1 is 1.82 bits per heavy atom. The number of rotatable bonds is 2. The van der Waals surface area contributed by atoms with Gasteiger partial charge in [-0.05, 0) is 0 Å². The third kappa shape index (κ3) is 1.61. The van der Waals surface area contributed by atoms with E-state index in [-0.39, 0.29) is 5.95 Å². The van der Waals surface area contributed by atoms with Crippen molar-refractivity contribution < 1.29 is 0 Å². The van der Waals surface area contributed by atoms with Crippen LogP contribution >= 0.6 is 0 Å². The standard InChI is InChI=1S/C6H9N5/c1-3-4-11(2)6-8-5(7)9-10-6/h1H,4H2,2H3,(H3,7,8,9,10). The molecule has 0 aliphatic rings. The fourth-order valence-corrected chi connectivity index (χ4v) is 0.648. The number of nitrogens with zero attached hydrogens (tertiary/aromatic N) is 3. The normalized spacial score (nSPS) is 9.09. The molecule has 0 radical (unpaired) electrons. The van der Waals surface area contributed by atoms with E-state index in [1.165, 1.54) is 0 Å². The monoisotopic (exact) mass is 151 g/mol. The Bertz CT molecular complexity index is 271. The number of anilines is 2. The maximum atomic E-state index is 5.28. The predicted octanol–water partition coefficient (Wildman–Crippen LogP) is -0.544. The summed E-state index contributed by atoms with van der Waals surface area (Å²) in [6, 6.07) is 0. The molecule has 1 rings (SSSR count). The molecule has 58 valence electrons. The van der Waals surface area contributed by atoms with Crippen LogP contribution in [-0.2, 0) is 0 Å². The van der Waals surface area contributed by atoms with Crippen molar-refractivity contribution in [3.05, 3.63) is 0 Å². The Morgan fingerprint density at radius 3 is 3.00 bits per heavy atom. The zero-order valence-electron chi connectivity index (χ0n) is 6.20. The number of aromatic nitrogens is 3. The van der Waals surface area contributed by atoms with Crippen molar-refractivity contribution in [2.75, 3.05) is 24.2 Å². The first-order chi connectivity index (χ1) is 5.24. The van der Waals surface area contributed by atoms with Crippen LogP contribution in [0.4, 0.5) is 11.9 Å². The lowest BCUT2D eigenvalue weighted by Gasteiger charge is -2.09. The van der Waals surface area contributed by atoms with E-state index in [2.05, 4.69) is 21.1 Å². The van der Waals surface area contributed by atoms with E-state index in [9.17, 15) is 0 Å². The van der Waals surface area contributed by atoms with Gasteiger partial charge in [0.15, 0.2) is 0 Å². The third-order valence-electron chi connectivity index (χ3n) is 1.18. The summed E-state index contributed by atoms with van der Waals surface area (Å²) in [7, 11) is 1.81. The van der Waals surface area contributed by atoms with Crippen LogP contribution in [-0.4, -0.2) is 28.8 Å². The zero-order chi connectivity index (χ0) is 8.27. The lowest BCUT2D eigenvalue weighted by Crippen LogP contribution is -2.18. The molecular weight excluding hydrogens is 142 g/mol. The molecule has 1 heterocycles. The van der Waals surface area contributed by atoms with Crippen molar-refractivity contribution in [3.8, 4) is 12.3 Å². The van der Waals surface area contributed by atoms with E-state index in [1.54, 1.807) is 11.9 Å². The second-order valence-electron chi connectivity index (χ2n) is 2.08. The summed E-state index contributed by atoms with van der Waals surface area (Å²) in [6.07, 6.45) is 5.09. The SMILES string of the molecule is C#CCN(C)c1nc(N)n[nH]1. The second-order valence-corrected chi connectivity index (χ2v) is 2.08. The van der Waals surface area contributed by atoms with E-state index in [1.807, 2.05) is 0 Å². The number of nitrogen functional groups attached to an aromatic ring is 1. The summed E-state index contributed by atoms with van der Waals surface area (Å²) in [4.78, 5) is 5.61. The molecule has 0 aromatic carbocycles. The van der Waals surface area contributed by atoms with E-state index < -0.39 is 0 Å². The second kappa shape index (κ2) is 2.92. The minimum Gasteiger partial charge on any atom is -0.366 e. The third-order valence-corrected chi connectivity index (χ3v) is 1.18. The molecule has 0 amide bonds. The van der Waals surface area contributed by atoms with Crippen molar-refractivity contribution in [3.63, 3.8) is 0 Å². The number of nitrogens with one attached hydrogen (secondary N) is 1. The Kier molecular flexibility index (Phi) is 1.97. The van der Waals surface area contributed by atoms with Crippen molar-refractivity contribution >= 4 is 11.9 Å². The number of hydrogen-bond acceptors (Lipinski definition) is 4. The first kappa shape index (κ1) is 7.41. The van der Waals surface area contributed by atoms with Gasteiger partial charge in [-0.3, -0.25) is 0 Å². The minimum atomic E-state index is 0.226. The molecule has 0 atom stereocenters. The van der Waals surface area contributed by atoms with Crippen molar-refractivity contribution in [2.45, 2.75) is 0 Å². The van der Waals surface area contributed by atoms with Crippen LogP contribution in [0.3, 0.4) is 0 Å². The van der Waals surface area contributed by atoms with Crippen LogP contribution in [0.25, 0.3) is 0 Å². The molecule has 1 aromatic rings. The molecule has 0 unspecified atom stereocenters.